The molecule has 2 aromatic carbocycles. The van der Waals surface area contributed by atoms with Crippen molar-refractivity contribution >= 4 is 27.1 Å². The van der Waals surface area contributed by atoms with Crippen molar-refractivity contribution in [1.29, 1.82) is 0 Å². The molecule has 1 aliphatic heterocycles. The van der Waals surface area contributed by atoms with Crippen molar-refractivity contribution in [2.45, 2.75) is 11.3 Å². The molecular formula is C22H21NO5S2. The zero-order valence-corrected chi connectivity index (χ0v) is 17.8. The third-order valence-electron chi connectivity index (χ3n) is 4.63. The Balaban J connectivity index is 1.32. The van der Waals surface area contributed by atoms with Crippen LogP contribution in [0.1, 0.15) is 16.1 Å². The van der Waals surface area contributed by atoms with E-state index in [2.05, 4.69) is 5.32 Å². The highest BCUT2D eigenvalue weighted by Crippen LogP contribution is 2.36. The lowest BCUT2D eigenvalue weighted by Crippen LogP contribution is -2.25. The zero-order valence-electron chi connectivity index (χ0n) is 16.2. The first-order valence-corrected chi connectivity index (χ1v) is 12.1. The number of carbonyl (C=O) groups is 1. The Kier molecular flexibility index (Phi) is 6.06. The van der Waals surface area contributed by atoms with E-state index in [4.69, 9.17) is 9.47 Å². The summed E-state index contributed by atoms with van der Waals surface area (Å²) in [5, 5.41) is 2.80. The van der Waals surface area contributed by atoms with Gasteiger partial charge in [-0.25, -0.2) is 8.42 Å². The van der Waals surface area contributed by atoms with Crippen LogP contribution in [0.25, 0.3) is 10.4 Å². The van der Waals surface area contributed by atoms with Gasteiger partial charge >= 0.3 is 0 Å². The summed E-state index contributed by atoms with van der Waals surface area (Å²) in [5.41, 5.74) is 0.956. The quantitative estimate of drug-likeness (QED) is 0.562. The highest BCUT2D eigenvalue weighted by Gasteiger charge is 2.16. The van der Waals surface area contributed by atoms with E-state index in [9.17, 15) is 13.2 Å². The van der Waals surface area contributed by atoms with Crippen molar-refractivity contribution < 1.29 is 22.7 Å². The smallest absolute Gasteiger partial charge is 0.261 e. The highest BCUT2D eigenvalue weighted by atomic mass is 32.2. The molecule has 1 aromatic heterocycles. The number of amides is 1. The van der Waals surface area contributed by atoms with Gasteiger partial charge in [-0.3, -0.25) is 4.79 Å². The van der Waals surface area contributed by atoms with Gasteiger partial charge in [-0.2, -0.15) is 0 Å². The molecule has 156 valence electrons. The van der Waals surface area contributed by atoms with Crippen LogP contribution in [-0.2, 0) is 9.84 Å². The first-order valence-electron chi connectivity index (χ1n) is 9.59. The van der Waals surface area contributed by atoms with Gasteiger partial charge in [0.25, 0.3) is 5.91 Å². The third-order valence-corrected chi connectivity index (χ3v) is 7.58. The molecule has 0 aliphatic carbocycles. The Morgan fingerprint density at radius 3 is 2.53 bits per heavy atom. The van der Waals surface area contributed by atoms with E-state index < -0.39 is 9.84 Å². The fourth-order valence-corrected chi connectivity index (χ4v) is 5.36. The van der Waals surface area contributed by atoms with E-state index in [-0.39, 0.29) is 11.7 Å². The second kappa shape index (κ2) is 8.89. The molecule has 1 aliphatic rings. The molecule has 0 saturated carbocycles. The Morgan fingerprint density at radius 2 is 1.73 bits per heavy atom. The number of benzene rings is 2. The Morgan fingerprint density at radius 1 is 0.967 bits per heavy atom. The summed E-state index contributed by atoms with van der Waals surface area (Å²) >= 11 is 1.38. The lowest BCUT2D eigenvalue weighted by atomic mass is 10.1. The van der Waals surface area contributed by atoms with Crippen molar-refractivity contribution in [1.82, 2.24) is 5.32 Å². The van der Waals surface area contributed by atoms with E-state index in [1.54, 1.807) is 36.4 Å². The molecule has 2 heterocycles. The van der Waals surface area contributed by atoms with E-state index in [0.717, 1.165) is 16.2 Å². The summed E-state index contributed by atoms with van der Waals surface area (Å²) in [7, 11) is -3.33. The number of nitrogens with one attached hydrogen (secondary N) is 1. The first-order chi connectivity index (χ1) is 14.5. The summed E-state index contributed by atoms with van der Waals surface area (Å²) < 4.78 is 35.7. The van der Waals surface area contributed by atoms with Crippen LogP contribution in [0.15, 0.2) is 65.6 Å². The molecule has 0 radical (unpaired) electrons. The molecule has 0 fully saturated rings. The maximum absolute atomic E-state index is 12.4. The molecule has 0 bridgehead atoms. The van der Waals surface area contributed by atoms with Crippen molar-refractivity contribution in [2.24, 2.45) is 0 Å². The van der Waals surface area contributed by atoms with Crippen LogP contribution in [0, 0.1) is 0 Å². The summed E-state index contributed by atoms with van der Waals surface area (Å²) in [6.45, 7) is 1.36. The minimum absolute atomic E-state index is 0.00974. The number of sulfone groups is 1. The second-order valence-electron chi connectivity index (χ2n) is 6.76. The largest absolute Gasteiger partial charge is 0.486 e. The minimum Gasteiger partial charge on any atom is -0.486 e. The van der Waals surface area contributed by atoms with Crippen LogP contribution < -0.4 is 14.8 Å². The average molecular weight is 444 g/mol. The van der Waals surface area contributed by atoms with Gasteiger partial charge < -0.3 is 14.8 Å². The van der Waals surface area contributed by atoms with Gasteiger partial charge in [-0.1, -0.05) is 18.2 Å². The van der Waals surface area contributed by atoms with Crippen molar-refractivity contribution in [3.63, 3.8) is 0 Å². The third kappa shape index (κ3) is 4.66. The van der Waals surface area contributed by atoms with Gasteiger partial charge in [0.05, 0.1) is 15.5 Å². The van der Waals surface area contributed by atoms with Crippen LogP contribution in [0.2, 0.25) is 0 Å². The van der Waals surface area contributed by atoms with Gasteiger partial charge in [0.2, 0.25) is 0 Å². The molecule has 3 aromatic rings. The average Bonchev–Trinajstić information content (AvgIpc) is 3.27. The molecular weight excluding hydrogens is 422 g/mol. The van der Waals surface area contributed by atoms with E-state index in [1.807, 2.05) is 24.3 Å². The molecule has 0 atom stereocenters. The fraction of sp³-hybridized carbons (Fsp3) is 0.227. The molecule has 8 heteroatoms. The summed E-state index contributed by atoms with van der Waals surface area (Å²) in [4.78, 5) is 14.2. The monoisotopic (exact) mass is 443 g/mol. The van der Waals surface area contributed by atoms with Gasteiger partial charge in [0, 0.05) is 11.4 Å². The lowest BCUT2D eigenvalue weighted by molar-refractivity contribution is 0.0957. The number of rotatable bonds is 7. The number of carbonyl (C=O) groups excluding carboxylic acids is 1. The molecule has 0 unspecified atom stereocenters. The SMILES string of the molecule is O=C(NCCCS(=O)(=O)c1ccccc1)c1ccc(-c2ccc3c(c2)OCCO3)s1. The molecule has 4 rings (SSSR count). The van der Waals surface area contributed by atoms with Crippen molar-refractivity contribution in [3.8, 4) is 21.9 Å². The number of ether oxygens (including phenoxy) is 2. The molecule has 0 saturated heterocycles. The van der Waals surface area contributed by atoms with Crippen LogP contribution in [0.3, 0.4) is 0 Å². The van der Waals surface area contributed by atoms with Gasteiger partial charge in [0.1, 0.15) is 13.2 Å². The molecule has 1 amide bonds. The number of thiophene rings is 1. The van der Waals surface area contributed by atoms with Gasteiger partial charge in [-0.05, 0) is 54.4 Å². The second-order valence-corrected chi connectivity index (χ2v) is 9.96. The van der Waals surface area contributed by atoms with E-state index >= 15 is 0 Å². The van der Waals surface area contributed by atoms with Crippen molar-refractivity contribution in [3.05, 3.63) is 65.5 Å². The normalized spacial score (nSPS) is 13.1. The number of hydrogen-bond donors (Lipinski definition) is 1. The standard InChI is InChI=1S/C22H21NO5S2/c24-22(23-11-4-14-30(25,26)17-5-2-1-3-6-17)21-10-9-20(29-21)16-7-8-18-19(15-16)28-13-12-27-18/h1-3,5-10,15H,4,11-14H2,(H,23,24). The maximum Gasteiger partial charge on any atom is 0.261 e. The zero-order chi connectivity index (χ0) is 21.0. The lowest BCUT2D eigenvalue weighted by Gasteiger charge is -2.18. The molecule has 1 N–H and O–H groups in total. The Labute approximate surface area is 179 Å². The van der Waals surface area contributed by atoms with Crippen LogP contribution in [0.5, 0.6) is 11.5 Å². The molecule has 6 nitrogen and oxygen atoms in total. The number of hydrogen-bond acceptors (Lipinski definition) is 6. The van der Waals surface area contributed by atoms with Gasteiger partial charge in [0.15, 0.2) is 21.3 Å². The topological polar surface area (TPSA) is 81.7 Å². The predicted molar refractivity (Wildman–Crippen MR) is 116 cm³/mol. The van der Waals surface area contributed by atoms with Crippen LogP contribution in [-0.4, -0.2) is 39.8 Å². The predicted octanol–water partition coefficient (Wildman–Crippen LogP) is 3.78. The van der Waals surface area contributed by atoms with Crippen molar-refractivity contribution in [2.75, 3.05) is 25.5 Å². The Bertz CT molecular complexity index is 1140. The van der Waals surface area contributed by atoms with Gasteiger partial charge in [-0.15, -0.1) is 11.3 Å². The molecule has 0 spiro atoms. The number of fused-ring (bicyclic) bond motifs is 1. The Hall–Kier alpha value is -2.84. The summed E-state index contributed by atoms with van der Waals surface area (Å²) in [5.74, 6) is 1.22. The van der Waals surface area contributed by atoms with Crippen LogP contribution >= 0.6 is 11.3 Å². The van der Waals surface area contributed by atoms with E-state index in [1.165, 1.54) is 11.3 Å². The molecule has 30 heavy (non-hydrogen) atoms. The fourth-order valence-electron chi connectivity index (χ4n) is 3.11. The van der Waals surface area contributed by atoms with E-state index in [0.29, 0.717) is 41.7 Å². The minimum atomic E-state index is -3.33. The highest BCUT2D eigenvalue weighted by molar-refractivity contribution is 7.91. The summed E-state index contributed by atoms with van der Waals surface area (Å²) in [6, 6.07) is 17.7. The summed E-state index contributed by atoms with van der Waals surface area (Å²) in [6.07, 6.45) is 0.351. The maximum atomic E-state index is 12.4. The first kappa shape index (κ1) is 20.4. The van der Waals surface area contributed by atoms with Crippen LogP contribution in [0.4, 0.5) is 0 Å².